The van der Waals surface area contributed by atoms with Crippen LogP contribution < -0.4 is 10.6 Å². The molecule has 0 fully saturated rings. The molecule has 3 aromatic rings. The summed E-state index contributed by atoms with van der Waals surface area (Å²) in [7, 11) is 1.79. The number of amides is 2. The van der Waals surface area contributed by atoms with Crippen LogP contribution in [0.5, 0.6) is 0 Å². The van der Waals surface area contributed by atoms with E-state index in [9.17, 15) is 9.59 Å². The fourth-order valence-electron chi connectivity index (χ4n) is 2.91. The number of benzene rings is 2. The van der Waals surface area contributed by atoms with Crippen molar-refractivity contribution in [1.29, 1.82) is 0 Å². The third-order valence-electron chi connectivity index (χ3n) is 4.36. The number of thioether (sulfide) groups is 1. The summed E-state index contributed by atoms with van der Waals surface area (Å²) in [6.07, 6.45) is 0. The van der Waals surface area contributed by atoms with E-state index in [4.69, 9.17) is 23.2 Å². The highest BCUT2D eigenvalue weighted by molar-refractivity contribution is 7.99. The molecule has 0 aliphatic carbocycles. The Morgan fingerprint density at radius 2 is 1.84 bits per heavy atom. The van der Waals surface area contributed by atoms with Crippen LogP contribution in [0.4, 0.5) is 5.69 Å². The fraction of sp³-hybridized carbons (Fsp3) is 0.238. The molecule has 0 unspecified atom stereocenters. The molecule has 2 amide bonds. The number of carbonyl (C=O) groups excluding carboxylic acids is 2. The van der Waals surface area contributed by atoms with Crippen molar-refractivity contribution in [2.45, 2.75) is 25.0 Å². The first-order valence-electron chi connectivity index (χ1n) is 9.38. The van der Waals surface area contributed by atoms with E-state index in [1.807, 2.05) is 32.0 Å². The number of nitrogens with zero attached hydrogens (tertiary/aromatic N) is 3. The molecule has 0 radical (unpaired) electrons. The maximum Gasteiger partial charge on any atom is 0.251 e. The van der Waals surface area contributed by atoms with Crippen molar-refractivity contribution >= 4 is 52.5 Å². The van der Waals surface area contributed by atoms with Crippen molar-refractivity contribution in [2.24, 2.45) is 7.05 Å². The van der Waals surface area contributed by atoms with Gasteiger partial charge in [0.05, 0.1) is 11.8 Å². The van der Waals surface area contributed by atoms with Gasteiger partial charge in [0.1, 0.15) is 0 Å². The Morgan fingerprint density at radius 3 is 2.52 bits per heavy atom. The second-order valence-electron chi connectivity index (χ2n) is 6.96. The van der Waals surface area contributed by atoms with E-state index in [0.717, 1.165) is 5.56 Å². The van der Waals surface area contributed by atoms with Crippen LogP contribution in [0.15, 0.2) is 47.6 Å². The maximum absolute atomic E-state index is 12.5. The molecule has 1 atom stereocenters. The summed E-state index contributed by atoms with van der Waals surface area (Å²) >= 11 is 13.1. The van der Waals surface area contributed by atoms with Gasteiger partial charge in [-0.25, -0.2) is 0 Å². The zero-order valence-electron chi connectivity index (χ0n) is 17.1. The summed E-state index contributed by atoms with van der Waals surface area (Å²) in [5, 5.41) is 15.4. The SMILES string of the molecule is Cc1cccc(C(=O)N[C@@H](C)c2nnc(SCC(=O)Nc3cc(Cl)cc(Cl)c3)n2C)c1. The number of anilines is 1. The zero-order valence-corrected chi connectivity index (χ0v) is 19.5. The highest BCUT2D eigenvalue weighted by Gasteiger charge is 2.19. The molecule has 1 heterocycles. The number of hydrogen-bond acceptors (Lipinski definition) is 5. The van der Waals surface area contributed by atoms with Gasteiger partial charge in [0.2, 0.25) is 5.91 Å². The summed E-state index contributed by atoms with van der Waals surface area (Å²) in [5.74, 6) is 0.298. The Bertz CT molecular complexity index is 1100. The number of hydrogen-bond donors (Lipinski definition) is 2. The third-order valence-corrected chi connectivity index (χ3v) is 5.82. The first-order valence-corrected chi connectivity index (χ1v) is 11.1. The van der Waals surface area contributed by atoms with Gasteiger partial charge in [-0.15, -0.1) is 10.2 Å². The van der Waals surface area contributed by atoms with Gasteiger partial charge in [-0.3, -0.25) is 9.59 Å². The number of halogens is 2. The zero-order chi connectivity index (χ0) is 22.5. The lowest BCUT2D eigenvalue weighted by Gasteiger charge is -2.14. The Kier molecular flexibility index (Phi) is 7.59. The predicted molar refractivity (Wildman–Crippen MR) is 124 cm³/mol. The predicted octanol–water partition coefficient (Wildman–Crippen LogP) is 4.65. The van der Waals surface area contributed by atoms with E-state index in [-0.39, 0.29) is 23.6 Å². The molecular weight excluding hydrogens is 457 g/mol. The molecule has 7 nitrogen and oxygen atoms in total. The molecule has 0 spiro atoms. The van der Waals surface area contributed by atoms with Gasteiger partial charge >= 0.3 is 0 Å². The molecule has 0 saturated heterocycles. The summed E-state index contributed by atoms with van der Waals surface area (Å²) in [4.78, 5) is 24.7. The number of carbonyl (C=O) groups is 2. The molecular formula is C21H21Cl2N5O2S. The van der Waals surface area contributed by atoms with Crippen LogP contribution in [-0.2, 0) is 11.8 Å². The molecule has 3 rings (SSSR count). The summed E-state index contributed by atoms with van der Waals surface area (Å²) in [5.41, 5.74) is 2.12. The van der Waals surface area contributed by atoms with E-state index in [1.165, 1.54) is 11.8 Å². The summed E-state index contributed by atoms with van der Waals surface area (Å²) in [6.45, 7) is 3.77. The molecule has 0 aliphatic rings. The average molecular weight is 478 g/mol. The first-order chi connectivity index (χ1) is 14.7. The van der Waals surface area contributed by atoms with Crippen LogP contribution >= 0.6 is 35.0 Å². The Hall–Kier alpha value is -2.55. The van der Waals surface area contributed by atoms with Crippen LogP contribution in [0.2, 0.25) is 10.0 Å². The molecule has 2 aromatic carbocycles. The monoisotopic (exact) mass is 477 g/mol. The number of nitrogens with one attached hydrogen (secondary N) is 2. The summed E-state index contributed by atoms with van der Waals surface area (Å²) in [6, 6.07) is 11.8. The topological polar surface area (TPSA) is 88.9 Å². The first kappa shape index (κ1) is 23.1. The van der Waals surface area contributed by atoms with E-state index >= 15 is 0 Å². The van der Waals surface area contributed by atoms with Gasteiger partial charge in [0.15, 0.2) is 11.0 Å². The molecule has 1 aromatic heterocycles. The quantitative estimate of drug-likeness (QED) is 0.483. The van der Waals surface area contributed by atoms with Crippen molar-refractivity contribution in [3.05, 3.63) is 69.5 Å². The molecule has 0 saturated carbocycles. The molecule has 2 N–H and O–H groups in total. The van der Waals surface area contributed by atoms with Crippen LogP contribution in [-0.4, -0.2) is 32.3 Å². The van der Waals surface area contributed by atoms with Gasteiger partial charge in [-0.05, 0) is 44.2 Å². The number of rotatable bonds is 7. The largest absolute Gasteiger partial charge is 0.342 e. The number of aryl methyl sites for hydroxylation is 1. The van der Waals surface area contributed by atoms with Crippen molar-refractivity contribution in [3.8, 4) is 0 Å². The normalized spacial score (nSPS) is 11.8. The Morgan fingerprint density at radius 1 is 1.13 bits per heavy atom. The van der Waals surface area contributed by atoms with E-state index in [1.54, 1.807) is 35.9 Å². The van der Waals surface area contributed by atoms with E-state index < -0.39 is 0 Å². The average Bonchev–Trinajstić information content (AvgIpc) is 3.06. The molecule has 162 valence electrons. The second kappa shape index (κ2) is 10.2. The molecule has 10 heteroatoms. The van der Waals surface area contributed by atoms with Crippen molar-refractivity contribution in [2.75, 3.05) is 11.1 Å². The fourth-order valence-corrected chi connectivity index (χ4v) is 4.16. The second-order valence-corrected chi connectivity index (χ2v) is 8.77. The lowest BCUT2D eigenvalue weighted by Crippen LogP contribution is -2.28. The van der Waals surface area contributed by atoms with Gasteiger partial charge in [0, 0.05) is 28.3 Å². The lowest BCUT2D eigenvalue weighted by atomic mass is 10.1. The van der Waals surface area contributed by atoms with Gasteiger partial charge in [-0.2, -0.15) is 0 Å². The molecule has 0 aliphatic heterocycles. The highest BCUT2D eigenvalue weighted by atomic mass is 35.5. The maximum atomic E-state index is 12.5. The van der Waals surface area contributed by atoms with Gasteiger partial charge < -0.3 is 15.2 Å². The minimum Gasteiger partial charge on any atom is -0.342 e. The van der Waals surface area contributed by atoms with Crippen molar-refractivity contribution < 1.29 is 9.59 Å². The number of aromatic nitrogens is 3. The summed E-state index contributed by atoms with van der Waals surface area (Å²) < 4.78 is 1.76. The van der Waals surface area contributed by atoms with E-state index in [2.05, 4.69) is 20.8 Å². The third kappa shape index (κ3) is 6.22. The Balaban J connectivity index is 1.59. The van der Waals surface area contributed by atoms with Crippen molar-refractivity contribution in [3.63, 3.8) is 0 Å². The standard InChI is InChI=1S/C21H21Cl2N5O2S/c1-12-5-4-6-14(7-12)20(30)24-13(2)19-26-27-21(28(19)3)31-11-18(29)25-17-9-15(22)8-16(23)10-17/h4-10,13H,11H2,1-3H3,(H,24,30)(H,25,29)/t13-/m0/s1. The van der Waals surface area contributed by atoms with Crippen LogP contribution in [0.1, 0.15) is 34.7 Å². The van der Waals surface area contributed by atoms with Crippen LogP contribution in [0.25, 0.3) is 0 Å². The lowest BCUT2D eigenvalue weighted by molar-refractivity contribution is -0.113. The van der Waals surface area contributed by atoms with Crippen molar-refractivity contribution in [1.82, 2.24) is 20.1 Å². The van der Waals surface area contributed by atoms with Gasteiger partial charge in [-0.1, -0.05) is 52.7 Å². The van der Waals surface area contributed by atoms with Crippen LogP contribution in [0.3, 0.4) is 0 Å². The Labute approximate surface area is 194 Å². The highest BCUT2D eigenvalue weighted by Crippen LogP contribution is 2.23. The smallest absolute Gasteiger partial charge is 0.251 e. The van der Waals surface area contributed by atoms with E-state index in [0.29, 0.717) is 32.3 Å². The molecule has 0 bridgehead atoms. The minimum absolute atomic E-state index is 0.125. The van der Waals surface area contributed by atoms with Crippen LogP contribution in [0, 0.1) is 6.92 Å². The molecule has 31 heavy (non-hydrogen) atoms. The van der Waals surface area contributed by atoms with Gasteiger partial charge in [0.25, 0.3) is 5.91 Å². The minimum atomic E-state index is -0.359.